The van der Waals surface area contributed by atoms with E-state index in [0.29, 0.717) is 4.90 Å². The first-order chi connectivity index (χ1) is 13.7. The van der Waals surface area contributed by atoms with E-state index in [9.17, 15) is 29.1 Å². The lowest BCUT2D eigenvalue weighted by atomic mass is 9.97. The van der Waals surface area contributed by atoms with Crippen LogP contribution in [0.15, 0.2) is 24.3 Å². The number of imide groups is 2. The number of aliphatic carboxylic acids is 1. The minimum atomic E-state index is -1.92. The minimum absolute atomic E-state index is 0.0341. The number of carboxylic acid groups (broad SMARTS) is 1. The van der Waals surface area contributed by atoms with E-state index in [0.717, 1.165) is 4.90 Å². The van der Waals surface area contributed by atoms with Crippen molar-refractivity contribution in [1.29, 1.82) is 0 Å². The summed E-state index contributed by atoms with van der Waals surface area (Å²) in [6.45, 7) is 5.32. The molecular formula is C20H23N3O6. The third-order valence-corrected chi connectivity index (χ3v) is 5.74. The van der Waals surface area contributed by atoms with Crippen LogP contribution in [0, 0.1) is 0 Å². The molecule has 2 atom stereocenters. The summed E-state index contributed by atoms with van der Waals surface area (Å²) in [5, 5.41) is 9.92. The molecule has 0 aliphatic carbocycles. The molecule has 2 aliphatic heterocycles. The second kappa shape index (κ2) is 7.40. The topological polar surface area (TPSA) is 115 Å². The summed E-state index contributed by atoms with van der Waals surface area (Å²) >= 11 is 0. The van der Waals surface area contributed by atoms with Gasteiger partial charge in [0.1, 0.15) is 6.04 Å². The summed E-state index contributed by atoms with van der Waals surface area (Å²) in [6.07, 6.45) is -0.179. The summed E-state index contributed by atoms with van der Waals surface area (Å²) in [6, 6.07) is 5.02. The average molecular weight is 401 g/mol. The monoisotopic (exact) mass is 401 g/mol. The average Bonchev–Trinajstić information content (AvgIpc) is 2.94. The highest BCUT2D eigenvalue weighted by Crippen LogP contribution is 2.33. The first-order valence-corrected chi connectivity index (χ1v) is 9.52. The van der Waals surface area contributed by atoms with E-state index in [1.165, 1.54) is 24.0 Å². The van der Waals surface area contributed by atoms with E-state index in [1.54, 1.807) is 26.0 Å². The van der Waals surface area contributed by atoms with Crippen LogP contribution >= 0.6 is 0 Å². The number of carboxylic acids is 1. The van der Waals surface area contributed by atoms with E-state index in [-0.39, 0.29) is 37.1 Å². The Labute approximate surface area is 167 Å². The summed E-state index contributed by atoms with van der Waals surface area (Å²) in [7, 11) is 0. The zero-order valence-electron chi connectivity index (χ0n) is 16.5. The quantitative estimate of drug-likeness (QED) is 0.706. The van der Waals surface area contributed by atoms with Gasteiger partial charge in [-0.3, -0.25) is 33.9 Å². The number of nitrogens with zero attached hydrogens (tertiary/aromatic N) is 3. The molecule has 0 radical (unpaired) electrons. The Hall–Kier alpha value is -3.07. The molecule has 0 bridgehead atoms. The van der Waals surface area contributed by atoms with E-state index in [2.05, 4.69) is 0 Å². The van der Waals surface area contributed by atoms with Crippen molar-refractivity contribution in [3.05, 3.63) is 35.4 Å². The molecule has 0 saturated carbocycles. The van der Waals surface area contributed by atoms with Crippen LogP contribution in [0.5, 0.6) is 0 Å². The van der Waals surface area contributed by atoms with Crippen LogP contribution in [0.4, 0.5) is 0 Å². The molecule has 9 nitrogen and oxygen atoms in total. The Morgan fingerprint density at radius 3 is 2.07 bits per heavy atom. The van der Waals surface area contributed by atoms with E-state index in [4.69, 9.17) is 0 Å². The number of rotatable bonds is 6. The van der Waals surface area contributed by atoms with Crippen molar-refractivity contribution in [1.82, 2.24) is 14.7 Å². The highest BCUT2D eigenvalue weighted by atomic mass is 16.4. The van der Waals surface area contributed by atoms with Crippen molar-refractivity contribution in [3.63, 3.8) is 0 Å². The molecule has 29 heavy (non-hydrogen) atoms. The van der Waals surface area contributed by atoms with Crippen LogP contribution < -0.4 is 0 Å². The molecule has 2 unspecified atom stereocenters. The first kappa shape index (κ1) is 20.7. The summed E-state index contributed by atoms with van der Waals surface area (Å²) in [5.74, 6) is -4.07. The Balaban J connectivity index is 2.02. The van der Waals surface area contributed by atoms with Crippen LogP contribution in [0.3, 0.4) is 0 Å². The maximum atomic E-state index is 13.3. The van der Waals surface area contributed by atoms with Gasteiger partial charge >= 0.3 is 5.97 Å². The molecule has 1 fully saturated rings. The van der Waals surface area contributed by atoms with Crippen LogP contribution in [0.1, 0.15) is 54.3 Å². The van der Waals surface area contributed by atoms with Crippen molar-refractivity contribution in [2.45, 2.75) is 45.3 Å². The van der Waals surface area contributed by atoms with Crippen molar-refractivity contribution in [2.24, 2.45) is 0 Å². The number of likely N-dealkylation sites (N-methyl/N-ethyl adjacent to an activating group) is 1. The molecule has 4 amide bonds. The minimum Gasteiger partial charge on any atom is -0.478 e. The van der Waals surface area contributed by atoms with Crippen molar-refractivity contribution in [3.8, 4) is 0 Å². The van der Waals surface area contributed by atoms with Crippen LogP contribution in [0.2, 0.25) is 0 Å². The summed E-state index contributed by atoms with van der Waals surface area (Å²) in [4.78, 5) is 66.8. The lowest BCUT2D eigenvalue weighted by molar-refractivity contribution is -0.183. The van der Waals surface area contributed by atoms with Gasteiger partial charge in [0.25, 0.3) is 17.7 Å². The number of piperidine rings is 1. The highest BCUT2D eigenvalue weighted by molar-refractivity contribution is 6.23. The van der Waals surface area contributed by atoms with Crippen molar-refractivity contribution < 1.29 is 29.1 Å². The lowest BCUT2D eigenvalue weighted by Gasteiger charge is -2.47. The Morgan fingerprint density at radius 2 is 1.62 bits per heavy atom. The molecule has 1 saturated heterocycles. The maximum absolute atomic E-state index is 13.3. The van der Waals surface area contributed by atoms with Gasteiger partial charge in [-0.1, -0.05) is 26.0 Å². The van der Waals surface area contributed by atoms with Gasteiger partial charge in [0.15, 0.2) is 5.66 Å². The van der Waals surface area contributed by atoms with Gasteiger partial charge < -0.3 is 5.11 Å². The largest absolute Gasteiger partial charge is 0.478 e. The van der Waals surface area contributed by atoms with Gasteiger partial charge in [0.05, 0.1) is 11.1 Å². The van der Waals surface area contributed by atoms with E-state index >= 15 is 0 Å². The number of likely N-dealkylation sites (tertiary alicyclic amines) is 1. The second-order valence-corrected chi connectivity index (χ2v) is 7.15. The fraction of sp³-hybridized carbons (Fsp3) is 0.450. The van der Waals surface area contributed by atoms with Gasteiger partial charge in [-0.25, -0.2) is 4.79 Å². The van der Waals surface area contributed by atoms with E-state index < -0.39 is 41.3 Å². The summed E-state index contributed by atoms with van der Waals surface area (Å²) < 4.78 is 0. The fourth-order valence-electron chi connectivity index (χ4n) is 4.17. The Kier molecular flexibility index (Phi) is 5.27. The maximum Gasteiger partial charge on any atom is 0.345 e. The number of carbonyl (C=O) groups excluding carboxylic acids is 4. The SMILES string of the molecule is CCN(CC)C(C)(C(=O)O)N1C(=O)CCC(N2C(=O)c3ccccc3C2=O)C1=O. The summed E-state index contributed by atoms with van der Waals surface area (Å²) in [5.41, 5.74) is -1.54. The molecule has 3 rings (SSSR count). The van der Waals surface area contributed by atoms with Gasteiger partial charge in [-0.2, -0.15) is 0 Å². The first-order valence-electron chi connectivity index (χ1n) is 9.52. The molecule has 2 heterocycles. The fourth-order valence-corrected chi connectivity index (χ4v) is 4.17. The second-order valence-electron chi connectivity index (χ2n) is 7.15. The predicted octanol–water partition coefficient (Wildman–Crippen LogP) is 0.943. The zero-order valence-corrected chi connectivity index (χ0v) is 16.5. The number of fused-ring (bicyclic) bond motifs is 1. The molecule has 1 aromatic rings. The van der Waals surface area contributed by atoms with Crippen LogP contribution in [0.25, 0.3) is 0 Å². The third kappa shape index (κ3) is 2.93. The van der Waals surface area contributed by atoms with Gasteiger partial charge in [0.2, 0.25) is 5.91 Å². The Morgan fingerprint density at radius 1 is 1.10 bits per heavy atom. The molecule has 9 heteroatoms. The third-order valence-electron chi connectivity index (χ3n) is 5.74. The zero-order chi connectivity index (χ0) is 21.5. The van der Waals surface area contributed by atoms with Crippen molar-refractivity contribution >= 4 is 29.6 Å². The number of benzene rings is 1. The standard InChI is InChI=1S/C20H23N3O6/c1-4-21(5-2)20(3,19(28)29)23-15(24)11-10-14(18(23)27)22-16(25)12-8-6-7-9-13(12)17(22)26/h6-9,14H,4-5,10-11H2,1-3H3,(H,28,29). The van der Waals surface area contributed by atoms with Crippen molar-refractivity contribution in [2.75, 3.05) is 13.1 Å². The van der Waals surface area contributed by atoms with E-state index in [1.807, 2.05) is 0 Å². The molecule has 0 aromatic heterocycles. The molecular weight excluding hydrogens is 378 g/mol. The number of hydrogen-bond donors (Lipinski definition) is 1. The van der Waals surface area contributed by atoms with Gasteiger partial charge in [0, 0.05) is 6.42 Å². The molecule has 0 spiro atoms. The smallest absolute Gasteiger partial charge is 0.345 e. The lowest BCUT2D eigenvalue weighted by Crippen LogP contribution is -2.71. The number of carbonyl (C=O) groups is 5. The van der Waals surface area contributed by atoms with Gasteiger partial charge in [-0.05, 0) is 38.6 Å². The molecule has 154 valence electrons. The molecule has 1 aromatic carbocycles. The number of amides is 4. The Bertz CT molecular complexity index is 874. The normalized spacial score (nSPS) is 21.6. The molecule has 1 N–H and O–H groups in total. The van der Waals surface area contributed by atoms with Crippen LogP contribution in [-0.4, -0.2) is 74.2 Å². The predicted molar refractivity (Wildman–Crippen MR) is 101 cm³/mol. The molecule has 2 aliphatic rings. The van der Waals surface area contributed by atoms with Gasteiger partial charge in [-0.15, -0.1) is 0 Å². The number of hydrogen-bond acceptors (Lipinski definition) is 6. The van der Waals surface area contributed by atoms with Crippen LogP contribution in [-0.2, 0) is 14.4 Å². The highest BCUT2D eigenvalue weighted by Gasteiger charge is 2.55.